The Morgan fingerprint density at radius 2 is 0.482 bits per heavy atom. The molecule has 0 aromatic heterocycles. The molecule has 0 rings (SSSR count). The average Bonchev–Trinajstić information content (AvgIpc) is 3.49. The quantitative estimate of drug-likeness (QED) is 0.0261. The van der Waals surface area contributed by atoms with E-state index in [1.807, 2.05) is 0 Å². The molecule has 6 heteroatoms. The van der Waals surface area contributed by atoms with Gasteiger partial charge in [-0.15, -0.1) is 0 Å². The minimum Gasteiger partial charge on any atom is -0.462 e. The zero-order valence-corrected chi connectivity index (χ0v) is 55.5. The van der Waals surface area contributed by atoms with Crippen molar-refractivity contribution in [3.63, 3.8) is 0 Å². The summed E-state index contributed by atoms with van der Waals surface area (Å²) in [4.78, 5) is 38.4. The Morgan fingerprint density at radius 1 is 0.253 bits per heavy atom. The maximum Gasteiger partial charge on any atom is 0.306 e. The molecule has 0 aromatic rings. The summed E-state index contributed by atoms with van der Waals surface area (Å²) in [6, 6.07) is 0. The number of rotatable bonds is 67. The van der Waals surface area contributed by atoms with Gasteiger partial charge in [0.25, 0.3) is 0 Å². The molecular formula is C77H138O6. The molecule has 0 radical (unpaired) electrons. The number of ether oxygens (including phenoxy) is 3. The summed E-state index contributed by atoms with van der Waals surface area (Å²) in [5.74, 6) is -0.862. The zero-order valence-electron chi connectivity index (χ0n) is 55.5. The third kappa shape index (κ3) is 69.5. The summed E-state index contributed by atoms with van der Waals surface area (Å²) in [7, 11) is 0. The summed E-state index contributed by atoms with van der Waals surface area (Å²) < 4.78 is 17.0. The highest BCUT2D eigenvalue weighted by molar-refractivity contribution is 5.71. The lowest BCUT2D eigenvalue weighted by molar-refractivity contribution is -0.167. The molecule has 0 aliphatic carbocycles. The van der Waals surface area contributed by atoms with Crippen LogP contribution in [0.25, 0.3) is 0 Å². The van der Waals surface area contributed by atoms with Gasteiger partial charge in [-0.25, -0.2) is 0 Å². The molecule has 6 nitrogen and oxygen atoms in total. The van der Waals surface area contributed by atoms with E-state index in [1.54, 1.807) is 0 Å². The number of unbranched alkanes of at least 4 members (excludes halogenated alkanes) is 44. The molecule has 0 fully saturated rings. The maximum absolute atomic E-state index is 12.9. The fourth-order valence-electron chi connectivity index (χ4n) is 10.7. The lowest BCUT2D eigenvalue weighted by Gasteiger charge is -2.18. The molecule has 0 bridgehead atoms. The molecule has 0 saturated heterocycles. The fourth-order valence-corrected chi connectivity index (χ4v) is 10.7. The normalized spacial score (nSPS) is 12.5. The number of esters is 3. The SMILES string of the molecule is CC/C=C\C/C=C\C/C=C\C/C=C\CCCCCCCCCCCCCCCCCCCCCCC(=O)OCC(COC(=O)CCCCCCC/C=C\C/C=C\CCCC)OC(=O)CCCCCCCCCCCCCCCCCCCC. The van der Waals surface area contributed by atoms with Gasteiger partial charge in [0, 0.05) is 19.3 Å². The van der Waals surface area contributed by atoms with Crippen LogP contribution in [0.15, 0.2) is 72.9 Å². The van der Waals surface area contributed by atoms with Gasteiger partial charge in [-0.2, -0.15) is 0 Å². The molecule has 0 aliphatic rings. The highest BCUT2D eigenvalue weighted by Gasteiger charge is 2.19. The molecule has 482 valence electrons. The van der Waals surface area contributed by atoms with Crippen LogP contribution in [0.2, 0.25) is 0 Å². The second kappa shape index (κ2) is 71.3. The molecule has 1 atom stereocenters. The second-order valence-electron chi connectivity index (χ2n) is 24.5. The Bertz CT molecular complexity index is 1520. The van der Waals surface area contributed by atoms with Gasteiger partial charge in [0.15, 0.2) is 6.10 Å². The summed E-state index contributed by atoms with van der Waals surface area (Å²) in [5.41, 5.74) is 0. The van der Waals surface area contributed by atoms with Gasteiger partial charge < -0.3 is 14.2 Å². The highest BCUT2D eigenvalue weighted by Crippen LogP contribution is 2.18. The Balaban J connectivity index is 4.15. The van der Waals surface area contributed by atoms with Crippen molar-refractivity contribution in [2.24, 2.45) is 0 Å². The van der Waals surface area contributed by atoms with E-state index in [2.05, 4.69) is 93.7 Å². The first-order chi connectivity index (χ1) is 41.0. The largest absolute Gasteiger partial charge is 0.462 e. The van der Waals surface area contributed by atoms with Crippen LogP contribution in [0.4, 0.5) is 0 Å². The molecule has 0 saturated carbocycles. The first-order valence-electron chi connectivity index (χ1n) is 36.4. The van der Waals surface area contributed by atoms with Crippen molar-refractivity contribution >= 4 is 17.9 Å². The van der Waals surface area contributed by atoms with Gasteiger partial charge in [0.2, 0.25) is 0 Å². The van der Waals surface area contributed by atoms with Crippen molar-refractivity contribution in [3.05, 3.63) is 72.9 Å². The predicted molar refractivity (Wildman–Crippen MR) is 362 cm³/mol. The first kappa shape index (κ1) is 79.8. The molecule has 0 N–H and O–H groups in total. The van der Waals surface area contributed by atoms with Crippen LogP contribution in [0.5, 0.6) is 0 Å². The zero-order chi connectivity index (χ0) is 59.9. The van der Waals surface area contributed by atoms with Crippen molar-refractivity contribution in [2.75, 3.05) is 13.2 Å². The van der Waals surface area contributed by atoms with Crippen molar-refractivity contribution in [1.82, 2.24) is 0 Å². The van der Waals surface area contributed by atoms with Crippen LogP contribution in [0.3, 0.4) is 0 Å². The fraction of sp³-hybridized carbons (Fsp3) is 0.805. The summed E-state index contributed by atoms with van der Waals surface area (Å²) in [5, 5.41) is 0. The van der Waals surface area contributed by atoms with Gasteiger partial charge >= 0.3 is 17.9 Å². The van der Waals surface area contributed by atoms with Gasteiger partial charge in [-0.05, 0) is 83.5 Å². The van der Waals surface area contributed by atoms with E-state index < -0.39 is 6.10 Å². The van der Waals surface area contributed by atoms with Crippen LogP contribution in [-0.2, 0) is 28.6 Å². The van der Waals surface area contributed by atoms with Crippen molar-refractivity contribution in [3.8, 4) is 0 Å². The molecule has 1 unspecified atom stereocenters. The van der Waals surface area contributed by atoms with Crippen LogP contribution in [0, 0.1) is 0 Å². The predicted octanol–water partition coefficient (Wildman–Crippen LogP) is 25.2. The number of carbonyl (C=O) groups excluding carboxylic acids is 3. The summed E-state index contributed by atoms with van der Waals surface area (Å²) in [6.45, 7) is 6.54. The molecule has 0 aromatic carbocycles. The topological polar surface area (TPSA) is 78.9 Å². The first-order valence-corrected chi connectivity index (χ1v) is 36.4. The minimum atomic E-state index is -0.778. The number of allylic oxidation sites excluding steroid dienone is 12. The monoisotopic (exact) mass is 1160 g/mol. The van der Waals surface area contributed by atoms with Crippen molar-refractivity contribution in [2.45, 2.75) is 386 Å². The van der Waals surface area contributed by atoms with Gasteiger partial charge in [-0.3, -0.25) is 14.4 Å². The third-order valence-corrected chi connectivity index (χ3v) is 16.2. The number of carbonyl (C=O) groups is 3. The molecule has 83 heavy (non-hydrogen) atoms. The van der Waals surface area contributed by atoms with Gasteiger partial charge in [-0.1, -0.05) is 351 Å². The van der Waals surface area contributed by atoms with Gasteiger partial charge in [0.1, 0.15) is 13.2 Å². The van der Waals surface area contributed by atoms with Crippen LogP contribution in [-0.4, -0.2) is 37.2 Å². The summed E-state index contributed by atoms with van der Waals surface area (Å²) in [6.07, 6.45) is 93.7. The Morgan fingerprint density at radius 3 is 0.771 bits per heavy atom. The standard InChI is InChI=1S/C77H138O6/c1-4-7-10-13-16-19-22-25-28-30-32-33-34-35-36-37-38-39-40-41-42-43-44-45-46-48-49-52-55-58-61-64-67-70-76(79)82-73-74(72-81-75(78)69-66-63-60-57-54-51-27-24-21-18-15-12-9-6-3)83-77(80)71-68-65-62-59-56-53-50-47-31-29-26-23-20-17-14-11-8-5-2/h7,10,15-16,18-19,24-25,27-28,32-33,74H,4-6,8-9,11-14,17,20-23,26,29-31,34-73H2,1-3H3/b10-7-,18-15-,19-16-,27-24-,28-25-,33-32-. The summed E-state index contributed by atoms with van der Waals surface area (Å²) >= 11 is 0. The van der Waals surface area contributed by atoms with Crippen molar-refractivity contribution in [1.29, 1.82) is 0 Å². The van der Waals surface area contributed by atoms with Gasteiger partial charge in [0.05, 0.1) is 0 Å². The Hall–Kier alpha value is -3.15. The number of hydrogen-bond donors (Lipinski definition) is 0. The maximum atomic E-state index is 12.9. The molecule has 0 aliphatic heterocycles. The lowest BCUT2D eigenvalue weighted by Crippen LogP contribution is -2.30. The lowest BCUT2D eigenvalue weighted by atomic mass is 10.0. The van der Waals surface area contributed by atoms with E-state index in [1.165, 1.54) is 238 Å². The minimum absolute atomic E-state index is 0.0735. The van der Waals surface area contributed by atoms with E-state index in [0.717, 1.165) is 103 Å². The molecule has 0 spiro atoms. The van der Waals surface area contributed by atoms with Crippen LogP contribution >= 0.6 is 0 Å². The molecule has 0 amide bonds. The third-order valence-electron chi connectivity index (χ3n) is 16.2. The van der Waals surface area contributed by atoms with Crippen LogP contribution < -0.4 is 0 Å². The smallest absolute Gasteiger partial charge is 0.306 e. The number of hydrogen-bond acceptors (Lipinski definition) is 6. The van der Waals surface area contributed by atoms with Crippen LogP contribution in [0.1, 0.15) is 380 Å². The molecule has 0 heterocycles. The van der Waals surface area contributed by atoms with E-state index in [4.69, 9.17) is 14.2 Å². The van der Waals surface area contributed by atoms with E-state index in [0.29, 0.717) is 19.3 Å². The van der Waals surface area contributed by atoms with E-state index in [9.17, 15) is 14.4 Å². The van der Waals surface area contributed by atoms with E-state index in [-0.39, 0.29) is 31.1 Å². The Labute approximate surface area is 516 Å². The average molecular weight is 1160 g/mol. The molecular weight excluding hydrogens is 1020 g/mol. The second-order valence-corrected chi connectivity index (χ2v) is 24.5. The van der Waals surface area contributed by atoms with E-state index >= 15 is 0 Å². The Kier molecular flexibility index (Phi) is 68.6. The highest BCUT2D eigenvalue weighted by atomic mass is 16.6. The van der Waals surface area contributed by atoms with Crippen molar-refractivity contribution < 1.29 is 28.6 Å².